The summed E-state index contributed by atoms with van der Waals surface area (Å²) in [6, 6.07) is 3.10. The van der Waals surface area contributed by atoms with Gasteiger partial charge in [0.15, 0.2) is 5.78 Å². The van der Waals surface area contributed by atoms with E-state index in [9.17, 15) is 29.6 Å². The first-order chi connectivity index (χ1) is 24.8. The standard InChI is InChI=1S/C40H54N4O8/c1-24(7-15-35(47)41-21-5-6-26-8-14-34(44(49)50)38-37(26)42-52-43-38)31-12-13-32-30-11-9-27-23-29(51-36(48)16-10-28(46)22-25(2)45)17-19-39(27,3)33(30)18-20-40(31,32)4/h8-9,14,22,24,29-33,46H,5-7,10-13,15-21,23H2,1-4H3,(H,41,47)/b28-22-. The number of rotatable bonds is 14. The predicted molar refractivity (Wildman–Crippen MR) is 194 cm³/mol. The molecule has 8 unspecified atom stereocenters. The highest BCUT2D eigenvalue weighted by molar-refractivity contribution is 5.87. The number of allylic oxidation sites excluding steroid dienone is 3. The minimum absolute atomic E-state index is 0.0642. The van der Waals surface area contributed by atoms with Gasteiger partial charge in [-0.2, -0.15) is 0 Å². The van der Waals surface area contributed by atoms with Crippen LogP contribution in [0.15, 0.2) is 40.2 Å². The fourth-order valence-corrected chi connectivity index (χ4v) is 10.9. The lowest BCUT2D eigenvalue weighted by atomic mass is 9.47. The highest BCUT2D eigenvalue weighted by atomic mass is 16.6. The van der Waals surface area contributed by atoms with Crippen LogP contribution in [0.1, 0.15) is 117 Å². The van der Waals surface area contributed by atoms with Crippen molar-refractivity contribution >= 4 is 34.4 Å². The van der Waals surface area contributed by atoms with Crippen molar-refractivity contribution in [2.45, 2.75) is 124 Å². The van der Waals surface area contributed by atoms with Gasteiger partial charge in [-0.25, -0.2) is 4.63 Å². The van der Waals surface area contributed by atoms with Crippen LogP contribution in [0.2, 0.25) is 0 Å². The van der Waals surface area contributed by atoms with E-state index in [1.807, 2.05) is 0 Å². The van der Waals surface area contributed by atoms with E-state index in [0.717, 1.165) is 43.7 Å². The van der Waals surface area contributed by atoms with Gasteiger partial charge in [0.25, 0.3) is 0 Å². The lowest BCUT2D eigenvalue weighted by Crippen LogP contribution is -2.51. The first kappa shape index (κ1) is 37.7. The van der Waals surface area contributed by atoms with Gasteiger partial charge in [-0.05, 0) is 133 Å². The Hall–Kier alpha value is -4.09. The number of nitrogens with one attached hydrogen (secondary N) is 1. The van der Waals surface area contributed by atoms with Crippen LogP contribution in [0.4, 0.5) is 5.69 Å². The summed E-state index contributed by atoms with van der Waals surface area (Å²) < 4.78 is 10.6. The monoisotopic (exact) mass is 718 g/mol. The molecule has 282 valence electrons. The van der Waals surface area contributed by atoms with Crippen molar-refractivity contribution in [1.29, 1.82) is 0 Å². The van der Waals surface area contributed by atoms with Crippen molar-refractivity contribution in [1.82, 2.24) is 15.6 Å². The maximum absolute atomic E-state index is 12.9. The number of fused-ring (bicyclic) bond motifs is 6. The number of nitro benzene ring substituents is 1. The minimum Gasteiger partial charge on any atom is -0.512 e. The molecule has 0 saturated heterocycles. The molecule has 0 radical (unpaired) electrons. The van der Waals surface area contributed by atoms with Crippen LogP contribution >= 0.6 is 0 Å². The second-order valence-corrected chi connectivity index (χ2v) is 16.5. The van der Waals surface area contributed by atoms with Crippen molar-refractivity contribution < 1.29 is 33.8 Å². The minimum atomic E-state index is -0.496. The smallest absolute Gasteiger partial charge is 0.306 e. The highest BCUT2D eigenvalue weighted by Crippen LogP contribution is 2.67. The van der Waals surface area contributed by atoms with Crippen molar-refractivity contribution in [2.75, 3.05) is 6.54 Å². The molecule has 0 aliphatic heterocycles. The number of aliphatic hydroxyl groups excluding tert-OH is 1. The molecular weight excluding hydrogens is 664 g/mol. The zero-order valence-electron chi connectivity index (χ0n) is 31.0. The van der Waals surface area contributed by atoms with Gasteiger partial charge in [-0.1, -0.05) is 32.4 Å². The molecule has 1 amide bonds. The number of ether oxygens (including phenoxy) is 1. The van der Waals surface area contributed by atoms with Crippen molar-refractivity contribution in [3.63, 3.8) is 0 Å². The van der Waals surface area contributed by atoms with Gasteiger partial charge in [0, 0.05) is 37.9 Å². The zero-order chi connectivity index (χ0) is 37.2. The summed E-state index contributed by atoms with van der Waals surface area (Å²) >= 11 is 0. The molecular formula is C40H54N4O8. The van der Waals surface area contributed by atoms with Gasteiger partial charge in [0.2, 0.25) is 11.4 Å². The maximum atomic E-state index is 12.9. The summed E-state index contributed by atoms with van der Waals surface area (Å²) in [5.74, 6) is 2.45. The average molecular weight is 719 g/mol. The summed E-state index contributed by atoms with van der Waals surface area (Å²) in [4.78, 5) is 47.4. The van der Waals surface area contributed by atoms with Gasteiger partial charge >= 0.3 is 11.7 Å². The number of esters is 1. The lowest BCUT2D eigenvalue weighted by Gasteiger charge is -2.58. The van der Waals surface area contributed by atoms with Gasteiger partial charge in [-0.3, -0.25) is 24.5 Å². The van der Waals surface area contributed by atoms with Crippen LogP contribution < -0.4 is 5.32 Å². The normalized spacial score (nSPS) is 30.4. The van der Waals surface area contributed by atoms with Crippen LogP contribution in [0.5, 0.6) is 0 Å². The molecule has 2 N–H and O–H groups in total. The number of aliphatic hydroxyl groups is 1. The van der Waals surface area contributed by atoms with Gasteiger partial charge in [-0.15, -0.1) is 0 Å². The van der Waals surface area contributed by atoms with Crippen LogP contribution in [-0.4, -0.2) is 50.7 Å². The Kier molecular flexibility index (Phi) is 11.2. The molecule has 52 heavy (non-hydrogen) atoms. The number of non-ortho nitro benzene ring substituents is 1. The van der Waals surface area contributed by atoms with E-state index in [1.54, 1.807) is 6.07 Å². The molecule has 0 bridgehead atoms. The SMILES string of the molecule is CC(=O)/C=C(\O)CCC(=O)OC1CCC2(C)C(=CCC3C2CCC2(C)C(C(C)CCC(=O)NCCCc4ccc([N+](=O)[O-])c5nonc45)CCC32)C1. The zero-order valence-corrected chi connectivity index (χ0v) is 31.0. The largest absolute Gasteiger partial charge is 0.512 e. The Balaban J connectivity index is 0.968. The van der Waals surface area contributed by atoms with E-state index in [0.29, 0.717) is 60.9 Å². The summed E-state index contributed by atoms with van der Waals surface area (Å²) in [5.41, 5.74) is 3.08. The van der Waals surface area contributed by atoms with E-state index >= 15 is 0 Å². The number of benzene rings is 1. The second kappa shape index (κ2) is 15.5. The van der Waals surface area contributed by atoms with Crippen LogP contribution in [-0.2, 0) is 25.5 Å². The molecule has 1 aromatic carbocycles. The van der Waals surface area contributed by atoms with E-state index in [2.05, 4.69) is 42.5 Å². The number of carbonyl (C=O) groups excluding carboxylic acids is 3. The van der Waals surface area contributed by atoms with Crippen molar-refractivity contribution in [3.8, 4) is 0 Å². The first-order valence-electron chi connectivity index (χ1n) is 19.2. The number of hydrogen-bond donors (Lipinski definition) is 2. The number of hydrogen-bond acceptors (Lipinski definition) is 10. The Bertz CT molecular complexity index is 1750. The summed E-state index contributed by atoms with van der Waals surface area (Å²) in [5, 5.41) is 31.7. The molecule has 12 nitrogen and oxygen atoms in total. The van der Waals surface area contributed by atoms with Crippen LogP contribution in [0.3, 0.4) is 0 Å². The Labute approximate surface area is 305 Å². The Morgan fingerprint density at radius 2 is 1.88 bits per heavy atom. The molecule has 1 heterocycles. The highest BCUT2D eigenvalue weighted by Gasteiger charge is 2.59. The number of amides is 1. The maximum Gasteiger partial charge on any atom is 0.306 e. The number of aryl methyl sites for hydroxylation is 1. The second-order valence-electron chi connectivity index (χ2n) is 16.5. The summed E-state index contributed by atoms with van der Waals surface area (Å²) in [7, 11) is 0. The van der Waals surface area contributed by atoms with E-state index in [1.165, 1.54) is 44.2 Å². The third-order valence-electron chi connectivity index (χ3n) is 13.5. The fourth-order valence-electron chi connectivity index (χ4n) is 10.9. The predicted octanol–water partition coefficient (Wildman–Crippen LogP) is 7.90. The molecule has 4 aliphatic rings. The molecule has 4 aliphatic carbocycles. The molecule has 0 spiro atoms. The third-order valence-corrected chi connectivity index (χ3v) is 13.5. The molecule has 12 heteroatoms. The molecule has 6 rings (SSSR count). The molecule has 1 aromatic heterocycles. The molecule has 2 aromatic rings. The summed E-state index contributed by atoms with van der Waals surface area (Å²) in [6.07, 6.45) is 15.0. The van der Waals surface area contributed by atoms with Crippen molar-refractivity contribution in [3.05, 3.63) is 51.3 Å². The molecule has 8 atom stereocenters. The topological polar surface area (TPSA) is 175 Å². The number of nitrogens with zero attached hydrogens (tertiary/aromatic N) is 3. The summed E-state index contributed by atoms with van der Waals surface area (Å²) in [6.45, 7) is 9.21. The average Bonchev–Trinajstić information content (AvgIpc) is 3.73. The number of aromatic nitrogens is 2. The van der Waals surface area contributed by atoms with E-state index in [4.69, 9.17) is 9.37 Å². The van der Waals surface area contributed by atoms with Gasteiger partial charge < -0.3 is 15.2 Å². The van der Waals surface area contributed by atoms with Gasteiger partial charge in [0.05, 0.1) is 17.1 Å². The Morgan fingerprint density at radius 1 is 1.10 bits per heavy atom. The van der Waals surface area contributed by atoms with E-state index < -0.39 is 4.92 Å². The van der Waals surface area contributed by atoms with Crippen LogP contribution in [0.25, 0.3) is 11.0 Å². The van der Waals surface area contributed by atoms with Crippen LogP contribution in [0, 0.1) is 50.5 Å². The fraction of sp³-hybridized carbons (Fsp3) is 0.675. The molecule has 3 fully saturated rings. The first-order valence-corrected chi connectivity index (χ1v) is 19.2. The Morgan fingerprint density at radius 3 is 2.65 bits per heavy atom. The lowest BCUT2D eigenvalue weighted by molar-refractivity contribution is -0.383. The van der Waals surface area contributed by atoms with Gasteiger partial charge in [0.1, 0.15) is 11.6 Å². The number of ketones is 1. The molecule has 3 saturated carbocycles. The number of nitro groups is 1. The third kappa shape index (κ3) is 7.67. The van der Waals surface area contributed by atoms with E-state index in [-0.39, 0.29) is 64.4 Å². The quantitative estimate of drug-likeness (QED) is 0.0372. The van der Waals surface area contributed by atoms with Crippen molar-refractivity contribution in [2.24, 2.45) is 40.4 Å². The number of carbonyl (C=O) groups is 3.